The summed E-state index contributed by atoms with van der Waals surface area (Å²) >= 11 is 0. The zero-order valence-corrected chi connectivity index (χ0v) is 40.8. The first kappa shape index (κ1) is 58.5. The number of phosphoric ester groups is 2. The molecule has 0 heterocycles. The maximum Gasteiger partial charge on any atom is 1.00 e. The summed E-state index contributed by atoms with van der Waals surface area (Å²) in [6, 6.07) is 0. The Labute approximate surface area is 367 Å². The van der Waals surface area contributed by atoms with Crippen LogP contribution in [0.2, 0.25) is 0 Å². The van der Waals surface area contributed by atoms with E-state index < -0.39 is 15.6 Å². The molecular weight excluding hydrogens is 716 g/mol. The summed E-state index contributed by atoms with van der Waals surface area (Å²) in [5.41, 5.74) is 0. The summed E-state index contributed by atoms with van der Waals surface area (Å²) in [5, 5.41) is 0. The average molecular weight is 799 g/mol. The van der Waals surface area contributed by atoms with Gasteiger partial charge in [0.25, 0.3) is 15.6 Å². The van der Waals surface area contributed by atoms with E-state index in [1.165, 1.54) is 167 Å². The first-order chi connectivity index (χ1) is 24.3. The third-order valence-corrected chi connectivity index (χ3v) is 11.5. The maximum atomic E-state index is 12.0. The van der Waals surface area contributed by atoms with Crippen molar-refractivity contribution in [2.45, 2.75) is 232 Å². The van der Waals surface area contributed by atoms with Crippen molar-refractivity contribution in [3.05, 3.63) is 0 Å². The molecule has 0 bridgehead atoms. The normalized spacial score (nSPS) is 13.7. The molecule has 0 aromatic heterocycles. The molecule has 0 aliphatic carbocycles. The van der Waals surface area contributed by atoms with Crippen LogP contribution in [0.4, 0.5) is 0 Å². The number of phosphoric acid groups is 2. The Morgan fingerprint density at radius 2 is 0.423 bits per heavy atom. The molecule has 2 atom stereocenters. The van der Waals surface area contributed by atoms with Gasteiger partial charge in [-0.2, -0.15) is 0 Å². The van der Waals surface area contributed by atoms with E-state index in [2.05, 4.69) is 13.8 Å². The van der Waals surface area contributed by atoms with E-state index in [0.717, 1.165) is 25.7 Å². The predicted octanol–water partition coefficient (Wildman–Crippen LogP) is 7.30. The molecule has 0 aromatic rings. The first-order valence-corrected chi connectivity index (χ1v) is 24.5. The third-order valence-electron chi connectivity index (χ3n) is 9.53. The van der Waals surface area contributed by atoms with E-state index in [0.29, 0.717) is 25.7 Å². The second-order valence-corrected chi connectivity index (χ2v) is 17.4. The zero-order chi connectivity index (χ0) is 36.7. The van der Waals surface area contributed by atoms with Gasteiger partial charge in [0.2, 0.25) is 0 Å². The van der Waals surface area contributed by atoms with E-state index in [-0.39, 0.29) is 85.5 Å². The smallest absolute Gasteiger partial charge is 0.756 e. The van der Waals surface area contributed by atoms with Crippen molar-refractivity contribution in [2.24, 2.45) is 0 Å². The van der Waals surface area contributed by atoms with Crippen LogP contribution in [0.1, 0.15) is 232 Å². The molecular formula is C40H82Na2O8P2. The fraction of sp³-hybridized carbons (Fsp3) is 1.00. The molecule has 12 heteroatoms. The summed E-state index contributed by atoms with van der Waals surface area (Å²) in [4.78, 5) is 23.9. The fourth-order valence-electron chi connectivity index (χ4n) is 6.28. The number of rotatable bonds is 43. The third kappa shape index (κ3) is 48.4. The fourth-order valence-corrected chi connectivity index (χ4v) is 7.84. The average Bonchev–Trinajstić information content (AvgIpc) is 3.09. The molecule has 0 fully saturated rings. The Morgan fingerprint density at radius 1 is 0.288 bits per heavy atom. The van der Waals surface area contributed by atoms with Crippen LogP contribution in [0.15, 0.2) is 0 Å². The summed E-state index contributed by atoms with van der Waals surface area (Å²) < 4.78 is 43.6. The van der Waals surface area contributed by atoms with Crippen molar-refractivity contribution in [3.8, 4) is 0 Å². The number of hydrogen-bond donors (Lipinski definition) is 0. The van der Waals surface area contributed by atoms with Gasteiger partial charge >= 0.3 is 59.1 Å². The van der Waals surface area contributed by atoms with E-state index in [1.54, 1.807) is 0 Å². The Kier molecular flexibility index (Phi) is 51.7. The predicted molar refractivity (Wildman–Crippen MR) is 207 cm³/mol. The van der Waals surface area contributed by atoms with Crippen LogP contribution in [-0.2, 0) is 27.2 Å². The topological polar surface area (TPSA) is 117 Å². The number of hydrogen-bond acceptors (Lipinski definition) is 8. The van der Waals surface area contributed by atoms with Gasteiger partial charge in [0.05, 0.1) is 26.4 Å². The standard InChI is InChI=1S/C40H84O8P2.2Na/c1-3-5-7-9-11-13-15-17-19-21-23-25-27-29-31-33-37-45-49(41,42)47-39-35-36-40-48-50(43,44)46-38-34-32-30-28-26-24-22-20-18-16-14-12-10-8-6-4-2;;/h3-40H2,1-2H3,(H,41,42)(H,43,44);;/q;2*+1/p-2. The quantitative estimate of drug-likeness (QED) is 0.0359. The van der Waals surface area contributed by atoms with E-state index >= 15 is 0 Å². The summed E-state index contributed by atoms with van der Waals surface area (Å²) in [6.07, 6.45) is 41.1. The summed E-state index contributed by atoms with van der Waals surface area (Å²) in [7, 11) is -8.68. The molecule has 0 aliphatic heterocycles. The largest absolute Gasteiger partial charge is 1.00 e. The van der Waals surface area contributed by atoms with Crippen LogP contribution in [-0.4, -0.2) is 26.4 Å². The van der Waals surface area contributed by atoms with Gasteiger partial charge < -0.3 is 27.9 Å². The molecule has 8 nitrogen and oxygen atoms in total. The Balaban J connectivity index is -0.0000120. The van der Waals surface area contributed by atoms with Crippen LogP contribution in [0, 0.1) is 0 Å². The molecule has 0 N–H and O–H groups in total. The summed E-state index contributed by atoms with van der Waals surface area (Å²) in [5.74, 6) is 0. The van der Waals surface area contributed by atoms with E-state index in [4.69, 9.17) is 18.1 Å². The van der Waals surface area contributed by atoms with Crippen LogP contribution in [0.25, 0.3) is 0 Å². The van der Waals surface area contributed by atoms with Gasteiger partial charge in [0.15, 0.2) is 0 Å². The zero-order valence-electron chi connectivity index (χ0n) is 35.0. The monoisotopic (exact) mass is 799 g/mol. The van der Waals surface area contributed by atoms with Crippen LogP contribution in [0.3, 0.4) is 0 Å². The molecule has 0 amide bonds. The van der Waals surface area contributed by atoms with E-state index in [1.807, 2.05) is 0 Å². The van der Waals surface area contributed by atoms with Gasteiger partial charge in [0.1, 0.15) is 0 Å². The van der Waals surface area contributed by atoms with Gasteiger partial charge in [-0.15, -0.1) is 0 Å². The maximum absolute atomic E-state index is 12.0. The molecule has 0 radical (unpaired) electrons. The molecule has 302 valence electrons. The summed E-state index contributed by atoms with van der Waals surface area (Å²) in [6.45, 7) is 4.67. The van der Waals surface area contributed by atoms with Crippen LogP contribution < -0.4 is 68.9 Å². The Bertz CT molecular complexity index is 720. The second-order valence-electron chi connectivity index (χ2n) is 14.5. The minimum absolute atomic E-state index is 0. The van der Waals surface area contributed by atoms with Gasteiger partial charge in [-0.05, 0) is 25.7 Å². The molecule has 0 aliphatic rings. The van der Waals surface area contributed by atoms with Gasteiger partial charge in [-0.1, -0.05) is 206 Å². The molecule has 0 rings (SSSR count). The van der Waals surface area contributed by atoms with Crippen molar-refractivity contribution < 1.29 is 96.1 Å². The molecule has 0 saturated carbocycles. The first-order valence-electron chi connectivity index (χ1n) is 21.5. The van der Waals surface area contributed by atoms with Gasteiger partial charge in [0, 0.05) is 0 Å². The van der Waals surface area contributed by atoms with Crippen LogP contribution in [0.5, 0.6) is 0 Å². The van der Waals surface area contributed by atoms with Crippen molar-refractivity contribution >= 4 is 15.6 Å². The van der Waals surface area contributed by atoms with Gasteiger partial charge in [-0.3, -0.25) is 9.13 Å². The molecule has 0 aromatic carbocycles. The van der Waals surface area contributed by atoms with Gasteiger partial charge in [-0.25, -0.2) is 0 Å². The van der Waals surface area contributed by atoms with Crippen molar-refractivity contribution in [1.82, 2.24) is 0 Å². The van der Waals surface area contributed by atoms with Crippen LogP contribution >= 0.6 is 15.6 Å². The Morgan fingerprint density at radius 3 is 0.596 bits per heavy atom. The second kappa shape index (κ2) is 45.9. The van der Waals surface area contributed by atoms with E-state index in [9.17, 15) is 18.9 Å². The Hall–Kier alpha value is 2.22. The minimum atomic E-state index is -4.34. The minimum Gasteiger partial charge on any atom is -0.756 e. The van der Waals surface area contributed by atoms with Crippen molar-refractivity contribution in [2.75, 3.05) is 26.4 Å². The SMILES string of the molecule is CCCCCCCCCCCCCCCCCCOP(=O)([O-])OCCCCOP(=O)([O-])OCCCCCCCCCCCCCCCCCC.[Na+].[Na+]. The molecule has 52 heavy (non-hydrogen) atoms. The molecule has 0 spiro atoms. The molecule has 0 saturated heterocycles. The van der Waals surface area contributed by atoms with Crippen molar-refractivity contribution in [1.29, 1.82) is 0 Å². The van der Waals surface area contributed by atoms with Crippen molar-refractivity contribution in [3.63, 3.8) is 0 Å². The number of unbranched alkanes of at least 4 members (excludes halogenated alkanes) is 31. The molecule has 2 unspecified atom stereocenters.